The summed E-state index contributed by atoms with van der Waals surface area (Å²) in [5.74, 6) is -0.339. The fourth-order valence-electron chi connectivity index (χ4n) is 2.00. The van der Waals surface area contributed by atoms with E-state index >= 15 is 0 Å². The largest absolute Gasteiger partial charge is 0.317 e. The standard InChI is InChI=1S/C14H21F2N/c1-10(2)8-13(17-3)7-5-11-4-6-12(15)9-14(11)16/h4,6,9-10,13,17H,5,7-8H2,1-3H3. The van der Waals surface area contributed by atoms with E-state index in [1.807, 2.05) is 7.05 Å². The van der Waals surface area contributed by atoms with E-state index in [4.69, 9.17) is 0 Å². The van der Waals surface area contributed by atoms with Gasteiger partial charge in [0.25, 0.3) is 0 Å². The molecule has 1 rings (SSSR count). The zero-order valence-corrected chi connectivity index (χ0v) is 10.8. The molecule has 0 heterocycles. The van der Waals surface area contributed by atoms with Crippen LogP contribution in [-0.2, 0) is 6.42 Å². The fourth-order valence-corrected chi connectivity index (χ4v) is 2.00. The van der Waals surface area contributed by atoms with Crippen molar-refractivity contribution in [2.24, 2.45) is 5.92 Å². The molecule has 1 nitrogen and oxygen atoms in total. The lowest BCUT2D eigenvalue weighted by molar-refractivity contribution is 0.419. The van der Waals surface area contributed by atoms with Crippen molar-refractivity contribution in [2.75, 3.05) is 7.05 Å². The van der Waals surface area contributed by atoms with Crippen LogP contribution in [0.5, 0.6) is 0 Å². The maximum absolute atomic E-state index is 13.4. The molecule has 1 atom stereocenters. The number of aryl methyl sites for hydroxylation is 1. The summed E-state index contributed by atoms with van der Waals surface area (Å²) < 4.78 is 26.1. The molecule has 0 amide bonds. The number of nitrogens with one attached hydrogen (secondary N) is 1. The van der Waals surface area contributed by atoms with Crippen LogP contribution in [0.15, 0.2) is 18.2 Å². The minimum absolute atomic E-state index is 0.388. The Morgan fingerprint density at radius 2 is 1.94 bits per heavy atom. The normalized spacial score (nSPS) is 13.1. The van der Waals surface area contributed by atoms with Gasteiger partial charge < -0.3 is 5.32 Å². The van der Waals surface area contributed by atoms with E-state index in [0.717, 1.165) is 18.9 Å². The van der Waals surface area contributed by atoms with Crippen molar-refractivity contribution < 1.29 is 8.78 Å². The first-order valence-corrected chi connectivity index (χ1v) is 6.14. The van der Waals surface area contributed by atoms with Crippen molar-refractivity contribution in [3.63, 3.8) is 0 Å². The zero-order chi connectivity index (χ0) is 12.8. The van der Waals surface area contributed by atoms with Crippen molar-refractivity contribution >= 4 is 0 Å². The molecule has 0 fully saturated rings. The van der Waals surface area contributed by atoms with Crippen LogP contribution in [0.1, 0.15) is 32.3 Å². The molecule has 0 aliphatic rings. The van der Waals surface area contributed by atoms with Gasteiger partial charge in [0, 0.05) is 12.1 Å². The minimum Gasteiger partial charge on any atom is -0.317 e. The third kappa shape index (κ3) is 4.82. The summed E-state index contributed by atoms with van der Waals surface area (Å²) in [5.41, 5.74) is 0.593. The monoisotopic (exact) mass is 241 g/mol. The van der Waals surface area contributed by atoms with Crippen LogP contribution in [0.3, 0.4) is 0 Å². The van der Waals surface area contributed by atoms with Gasteiger partial charge in [0.15, 0.2) is 0 Å². The second-order valence-corrected chi connectivity index (χ2v) is 4.89. The molecule has 0 bridgehead atoms. The summed E-state index contributed by atoms with van der Waals surface area (Å²) >= 11 is 0. The topological polar surface area (TPSA) is 12.0 Å². The quantitative estimate of drug-likeness (QED) is 0.803. The van der Waals surface area contributed by atoms with Gasteiger partial charge in [-0.2, -0.15) is 0 Å². The third-order valence-corrected chi connectivity index (χ3v) is 2.94. The van der Waals surface area contributed by atoms with Crippen molar-refractivity contribution in [3.8, 4) is 0 Å². The summed E-state index contributed by atoms with van der Waals surface area (Å²) in [6.07, 6.45) is 2.58. The van der Waals surface area contributed by atoms with Crippen LogP contribution in [0.4, 0.5) is 8.78 Å². The highest BCUT2D eigenvalue weighted by Crippen LogP contribution is 2.15. The van der Waals surface area contributed by atoms with E-state index in [9.17, 15) is 8.78 Å². The minimum atomic E-state index is -0.515. The maximum atomic E-state index is 13.4. The van der Waals surface area contributed by atoms with Gasteiger partial charge in [-0.15, -0.1) is 0 Å². The van der Waals surface area contributed by atoms with Crippen molar-refractivity contribution in [1.29, 1.82) is 0 Å². The van der Waals surface area contributed by atoms with Crippen molar-refractivity contribution in [2.45, 2.75) is 39.2 Å². The molecule has 0 spiro atoms. The Bertz CT molecular complexity index is 350. The molecule has 3 heteroatoms. The van der Waals surface area contributed by atoms with Gasteiger partial charge in [0.05, 0.1) is 0 Å². The highest BCUT2D eigenvalue weighted by molar-refractivity contribution is 5.18. The van der Waals surface area contributed by atoms with Gasteiger partial charge in [-0.05, 0) is 43.9 Å². The molecular formula is C14H21F2N. The summed E-state index contributed by atoms with van der Waals surface area (Å²) in [6.45, 7) is 4.34. The van der Waals surface area contributed by atoms with E-state index < -0.39 is 11.6 Å². The second kappa shape index (κ2) is 6.70. The molecule has 0 aromatic heterocycles. The number of rotatable bonds is 6. The highest BCUT2D eigenvalue weighted by atomic mass is 19.1. The van der Waals surface area contributed by atoms with Gasteiger partial charge in [-0.1, -0.05) is 19.9 Å². The number of hydrogen-bond acceptors (Lipinski definition) is 1. The molecule has 0 aliphatic heterocycles. The molecule has 0 aliphatic carbocycles. The Hall–Kier alpha value is -0.960. The summed E-state index contributed by atoms with van der Waals surface area (Å²) in [6, 6.07) is 4.19. The molecule has 0 saturated heterocycles. The number of benzene rings is 1. The van der Waals surface area contributed by atoms with Gasteiger partial charge in [-0.25, -0.2) is 8.78 Å². The Kier molecular flexibility index (Phi) is 5.56. The summed E-state index contributed by atoms with van der Waals surface area (Å²) in [7, 11) is 1.92. The predicted octanol–water partition coefficient (Wildman–Crippen LogP) is 3.53. The number of halogens is 2. The maximum Gasteiger partial charge on any atom is 0.129 e. The van der Waals surface area contributed by atoms with E-state index in [0.29, 0.717) is 23.9 Å². The lowest BCUT2D eigenvalue weighted by Gasteiger charge is -2.18. The third-order valence-electron chi connectivity index (χ3n) is 2.94. The zero-order valence-electron chi connectivity index (χ0n) is 10.8. The van der Waals surface area contributed by atoms with E-state index in [1.165, 1.54) is 12.1 Å². The first kappa shape index (κ1) is 14.1. The predicted molar refractivity (Wildman–Crippen MR) is 67.0 cm³/mol. The highest BCUT2D eigenvalue weighted by Gasteiger charge is 2.10. The van der Waals surface area contributed by atoms with E-state index in [2.05, 4.69) is 19.2 Å². The van der Waals surface area contributed by atoms with Crippen LogP contribution in [0, 0.1) is 17.6 Å². The first-order valence-electron chi connectivity index (χ1n) is 6.14. The van der Waals surface area contributed by atoms with Crippen molar-refractivity contribution in [3.05, 3.63) is 35.4 Å². The van der Waals surface area contributed by atoms with Crippen LogP contribution in [0.25, 0.3) is 0 Å². The molecule has 0 saturated carbocycles. The van der Waals surface area contributed by atoms with Gasteiger partial charge >= 0.3 is 0 Å². The lowest BCUT2D eigenvalue weighted by atomic mass is 9.97. The molecule has 17 heavy (non-hydrogen) atoms. The second-order valence-electron chi connectivity index (χ2n) is 4.89. The number of hydrogen-bond donors (Lipinski definition) is 1. The van der Waals surface area contributed by atoms with Crippen LogP contribution >= 0.6 is 0 Å². The average Bonchev–Trinajstić information content (AvgIpc) is 2.25. The van der Waals surface area contributed by atoms with Gasteiger partial charge in [-0.3, -0.25) is 0 Å². The fraction of sp³-hybridized carbons (Fsp3) is 0.571. The SMILES string of the molecule is CNC(CCc1ccc(F)cc1F)CC(C)C. The smallest absolute Gasteiger partial charge is 0.129 e. The molecule has 1 N–H and O–H groups in total. The van der Waals surface area contributed by atoms with Crippen LogP contribution in [-0.4, -0.2) is 13.1 Å². The van der Waals surface area contributed by atoms with Crippen molar-refractivity contribution in [1.82, 2.24) is 5.32 Å². The molecule has 1 aromatic carbocycles. The van der Waals surface area contributed by atoms with Crippen LogP contribution < -0.4 is 5.32 Å². The van der Waals surface area contributed by atoms with E-state index in [-0.39, 0.29) is 0 Å². The lowest BCUT2D eigenvalue weighted by Crippen LogP contribution is -2.27. The molecular weight excluding hydrogens is 220 g/mol. The Morgan fingerprint density at radius 3 is 2.47 bits per heavy atom. The Morgan fingerprint density at radius 1 is 1.24 bits per heavy atom. The molecule has 1 unspecified atom stereocenters. The molecule has 0 radical (unpaired) electrons. The summed E-state index contributed by atoms with van der Waals surface area (Å²) in [5, 5.41) is 3.24. The molecule has 96 valence electrons. The van der Waals surface area contributed by atoms with Crippen LogP contribution in [0.2, 0.25) is 0 Å². The van der Waals surface area contributed by atoms with E-state index in [1.54, 1.807) is 0 Å². The Balaban J connectivity index is 2.53. The van der Waals surface area contributed by atoms with Gasteiger partial charge in [0.1, 0.15) is 11.6 Å². The first-order chi connectivity index (χ1) is 8.02. The van der Waals surface area contributed by atoms with Gasteiger partial charge in [0.2, 0.25) is 0 Å². The summed E-state index contributed by atoms with van der Waals surface area (Å²) in [4.78, 5) is 0. The Labute approximate surface area is 102 Å². The average molecular weight is 241 g/mol. The molecule has 1 aromatic rings.